The maximum absolute atomic E-state index is 4.49. The molecule has 1 heterocycles. The molecule has 0 amide bonds. The van der Waals surface area contributed by atoms with Gasteiger partial charge in [0.1, 0.15) is 6.67 Å². The largest absolute Gasteiger partial charge is 0.348 e. The fourth-order valence-corrected chi connectivity index (χ4v) is 2.50. The highest BCUT2D eigenvalue weighted by Crippen LogP contribution is 2.26. The zero-order valence-electron chi connectivity index (χ0n) is 12.4. The molecule has 20 heavy (non-hydrogen) atoms. The van der Waals surface area contributed by atoms with E-state index in [0.29, 0.717) is 12.7 Å². The third kappa shape index (κ3) is 2.55. The summed E-state index contributed by atoms with van der Waals surface area (Å²) in [7, 11) is 0. The van der Waals surface area contributed by atoms with Crippen LogP contribution in [0.15, 0.2) is 28.2 Å². The molecular weight excluding hydrogens is 248 g/mol. The predicted molar refractivity (Wildman–Crippen MR) is 83.2 cm³/mol. The van der Waals surface area contributed by atoms with Crippen molar-refractivity contribution < 1.29 is 0 Å². The molecule has 2 aliphatic rings. The van der Waals surface area contributed by atoms with Gasteiger partial charge >= 0.3 is 0 Å². The Labute approximate surface area is 120 Å². The van der Waals surface area contributed by atoms with E-state index in [1.54, 1.807) is 0 Å². The van der Waals surface area contributed by atoms with Gasteiger partial charge in [0, 0.05) is 6.04 Å². The second kappa shape index (κ2) is 5.27. The first-order valence-electron chi connectivity index (χ1n) is 7.36. The van der Waals surface area contributed by atoms with Crippen molar-refractivity contribution in [3.8, 4) is 0 Å². The first-order chi connectivity index (χ1) is 9.63. The SMILES string of the molecule is CC(C)N1C=NC(N[C@@H](C)c2ccc3c(c2)CC3)=NC1. The van der Waals surface area contributed by atoms with Crippen LogP contribution < -0.4 is 5.32 Å². The van der Waals surface area contributed by atoms with Crippen LogP contribution in [0.3, 0.4) is 0 Å². The lowest BCUT2D eigenvalue weighted by Gasteiger charge is -2.26. The van der Waals surface area contributed by atoms with Crippen LogP contribution in [0, 0.1) is 0 Å². The Morgan fingerprint density at radius 1 is 1.15 bits per heavy atom. The van der Waals surface area contributed by atoms with Crippen molar-refractivity contribution in [3.63, 3.8) is 0 Å². The summed E-state index contributed by atoms with van der Waals surface area (Å²) in [5, 5.41) is 3.39. The minimum absolute atomic E-state index is 0.238. The highest BCUT2D eigenvalue weighted by molar-refractivity contribution is 5.89. The van der Waals surface area contributed by atoms with Crippen LogP contribution in [0.4, 0.5) is 0 Å². The molecule has 1 N–H and O–H groups in total. The van der Waals surface area contributed by atoms with E-state index in [-0.39, 0.29) is 6.04 Å². The lowest BCUT2D eigenvalue weighted by atomic mass is 9.86. The van der Waals surface area contributed by atoms with Crippen molar-refractivity contribution in [2.24, 2.45) is 9.98 Å². The Bertz CT molecular complexity index is 560. The molecule has 0 saturated carbocycles. The molecule has 0 bridgehead atoms. The lowest BCUT2D eigenvalue weighted by Crippen LogP contribution is -2.36. The molecule has 0 fully saturated rings. The summed E-state index contributed by atoms with van der Waals surface area (Å²) in [4.78, 5) is 11.0. The standard InChI is InChI=1S/C16H22N4/c1-11(2)20-9-17-16(18-10-20)19-12(3)14-6-4-13-5-7-15(13)8-14/h4,6,8-9,11-12H,5,7,10H2,1-3H3,(H,18,19)/t12-/m0/s1. The molecule has 3 rings (SSSR count). The maximum atomic E-state index is 4.49. The average Bonchev–Trinajstić information content (AvgIpc) is 2.40. The molecule has 0 radical (unpaired) electrons. The van der Waals surface area contributed by atoms with Gasteiger partial charge in [-0.05, 0) is 50.3 Å². The third-order valence-corrected chi connectivity index (χ3v) is 4.12. The van der Waals surface area contributed by atoms with Crippen LogP contribution in [-0.4, -0.2) is 29.9 Å². The molecule has 1 aromatic rings. The minimum atomic E-state index is 0.238. The molecule has 1 aliphatic carbocycles. The van der Waals surface area contributed by atoms with Gasteiger partial charge in [-0.2, -0.15) is 0 Å². The fraction of sp³-hybridized carbons (Fsp3) is 0.500. The van der Waals surface area contributed by atoms with E-state index >= 15 is 0 Å². The Hall–Kier alpha value is -1.84. The predicted octanol–water partition coefficient (Wildman–Crippen LogP) is 2.50. The van der Waals surface area contributed by atoms with Crippen LogP contribution in [0.5, 0.6) is 0 Å². The summed E-state index contributed by atoms with van der Waals surface area (Å²) < 4.78 is 0. The molecule has 0 saturated heterocycles. The summed E-state index contributed by atoms with van der Waals surface area (Å²) in [5.41, 5.74) is 4.31. The maximum Gasteiger partial charge on any atom is 0.221 e. The van der Waals surface area contributed by atoms with E-state index < -0.39 is 0 Å². The fourth-order valence-electron chi connectivity index (χ4n) is 2.50. The summed E-state index contributed by atoms with van der Waals surface area (Å²) in [6, 6.07) is 7.45. The van der Waals surface area contributed by atoms with Gasteiger partial charge in [0.2, 0.25) is 5.96 Å². The van der Waals surface area contributed by atoms with Gasteiger partial charge in [-0.1, -0.05) is 18.2 Å². The molecule has 1 atom stereocenters. The van der Waals surface area contributed by atoms with Crippen molar-refractivity contribution >= 4 is 12.3 Å². The minimum Gasteiger partial charge on any atom is -0.348 e. The number of aryl methyl sites for hydroxylation is 2. The van der Waals surface area contributed by atoms with Gasteiger partial charge in [0.25, 0.3) is 0 Å². The first-order valence-corrected chi connectivity index (χ1v) is 7.36. The smallest absolute Gasteiger partial charge is 0.221 e. The molecule has 106 valence electrons. The molecule has 4 nitrogen and oxygen atoms in total. The van der Waals surface area contributed by atoms with Crippen molar-refractivity contribution in [2.75, 3.05) is 6.67 Å². The Morgan fingerprint density at radius 3 is 2.50 bits per heavy atom. The van der Waals surface area contributed by atoms with Gasteiger partial charge in [-0.3, -0.25) is 0 Å². The van der Waals surface area contributed by atoms with Crippen molar-refractivity contribution in [1.29, 1.82) is 0 Å². The first kappa shape index (κ1) is 13.2. The second-order valence-corrected chi connectivity index (χ2v) is 5.87. The molecule has 0 spiro atoms. The molecule has 4 heteroatoms. The summed E-state index contributed by atoms with van der Waals surface area (Å²) in [5.74, 6) is 0.733. The van der Waals surface area contributed by atoms with Crippen molar-refractivity contribution in [2.45, 2.75) is 45.7 Å². The van der Waals surface area contributed by atoms with Gasteiger partial charge in [-0.25, -0.2) is 9.98 Å². The molecule has 0 unspecified atom stereocenters. The topological polar surface area (TPSA) is 40.0 Å². The van der Waals surface area contributed by atoms with E-state index in [0.717, 1.165) is 5.96 Å². The summed E-state index contributed by atoms with van der Waals surface area (Å²) >= 11 is 0. The highest BCUT2D eigenvalue weighted by atomic mass is 15.3. The van der Waals surface area contributed by atoms with Crippen LogP contribution in [-0.2, 0) is 12.8 Å². The quantitative estimate of drug-likeness (QED) is 0.916. The van der Waals surface area contributed by atoms with E-state index in [2.05, 4.69) is 59.2 Å². The van der Waals surface area contributed by atoms with E-state index in [9.17, 15) is 0 Å². The number of rotatable bonds is 3. The lowest BCUT2D eigenvalue weighted by molar-refractivity contribution is 0.366. The van der Waals surface area contributed by atoms with E-state index in [1.807, 2.05) is 6.34 Å². The summed E-state index contributed by atoms with van der Waals surface area (Å²) in [6.07, 6.45) is 4.34. The van der Waals surface area contributed by atoms with Crippen molar-refractivity contribution in [3.05, 3.63) is 34.9 Å². The Balaban J connectivity index is 1.63. The molecule has 1 aromatic carbocycles. The number of benzene rings is 1. The summed E-state index contributed by atoms with van der Waals surface area (Å²) in [6.45, 7) is 7.13. The zero-order chi connectivity index (χ0) is 14.1. The Morgan fingerprint density at radius 2 is 1.95 bits per heavy atom. The van der Waals surface area contributed by atoms with Gasteiger partial charge in [0.05, 0.1) is 12.4 Å². The number of hydrogen-bond acceptors (Lipinski definition) is 4. The van der Waals surface area contributed by atoms with E-state index in [4.69, 9.17) is 0 Å². The average molecular weight is 270 g/mol. The number of hydrogen-bond donors (Lipinski definition) is 1. The molecule has 1 aliphatic heterocycles. The third-order valence-electron chi connectivity index (χ3n) is 4.12. The van der Waals surface area contributed by atoms with Crippen LogP contribution >= 0.6 is 0 Å². The number of fused-ring (bicyclic) bond motifs is 1. The molecular formula is C16H22N4. The van der Waals surface area contributed by atoms with Gasteiger partial charge in [-0.15, -0.1) is 0 Å². The number of aliphatic imine (C=N–C) groups is 2. The number of nitrogens with one attached hydrogen (secondary N) is 1. The monoisotopic (exact) mass is 270 g/mol. The van der Waals surface area contributed by atoms with Crippen molar-refractivity contribution in [1.82, 2.24) is 10.2 Å². The van der Waals surface area contributed by atoms with Crippen LogP contribution in [0.25, 0.3) is 0 Å². The van der Waals surface area contributed by atoms with Gasteiger partial charge in [0.15, 0.2) is 0 Å². The van der Waals surface area contributed by atoms with Crippen LogP contribution in [0.2, 0.25) is 0 Å². The van der Waals surface area contributed by atoms with Gasteiger partial charge < -0.3 is 10.2 Å². The number of nitrogens with zero attached hydrogens (tertiary/aromatic N) is 3. The zero-order valence-corrected chi connectivity index (χ0v) is 12.4. The molecule has 0 aromatic heterocycles. The van der Waals surface area contributed by atoms with Crippen LogP contribution in [0.1, 0.15) is 43.5 Å². The number of guanidine groups is 1. The Kier molecular flexibility index (Phi) is 3.47. The second-order valence-electron chi connectivity index (χ2n) is 5.87. The van der Waals surface area contributed by atoms with E-state index in [1.165, 1.54) is 29.5 Å². The highest BCUT2D eigenvalue weighted by Gasteiger charge is 2.16. The normalized spacial score (nSPS) is 18.4.